The molecule has 16 aromatic rings. The molecule has 0 saturated carbocycles. The number of thiophene rings is 8. The van der Waals surface area contributed by atoms with Gasteiger partial charge in [-0.3, -0.25) is 0 Å². The van der Waals surface area contributed by atoms with Crippen LogP contribution in [-0.2, 0) is 0 Å². The summed E-state index contributed by atoms with van der Waals surface area (Å²) >= 11 is 13.8. The van der Waals surface area contributed by atoms with E-state index in [-0.39, 0.29) is 0 Å². The molecular formula is C64H40N8S8. The lowest BCUT2D eigenvalue weighted by molar-refractivity contribution is 1.36. The van der Waals surface area contributed by atoms with Crippen molar-refractivity contribution in [2.75, 3.05) is 0 Å². The van der Waals surface area contributed by atoms with Crippen molar-refractivity contribution in [2.24, 2.45) is 0 Å². The van der Waals surface area contributed by atoms with Crippen LogP contribution in [0.2, 0.25) is 0 Å². The molecule has 8 nitrogen and oxygen atoms in total. The van der Waals surface area contributed by atoms with Crippen molar-refractivity contribution in [1.82, 2.24) is 39.9 Å². The molecular weight excluding hydrogens is 1140 g/mol. The predicted molar refractivity (Wildman–Crippen MR) is 345 cm³/mol. The zero-order valence-corrected chi connectivity index (χ0v) is 48.3. The highest BCUT2D eigenvalue weighted by Gasteiger charge is 2.23. The van der Waals surface area contributed by atoms with Crippen LogP contribution in [0, 0.1) is 0 Å². The Morgan fingerprint density at radius 1 is 0.125 bits per heavy atom. The van der Waals surface area contributed by atoms with Gasteiger partial charge in [-0.05, 0) is 97.1 Å². The van der Waals surface area contributed by atoms with Crippen LogP contribution in [0.25, 0.3) is 180 Å². The van der Waals surface area contributed by atoms with Crippen molar-refractivity contribution >= 4 is 90.7 Å². The predicted octanol–water partition coefficient (Wildman–Crippen LogP) is 21.8. The number of fused-ring (bicyclic) bond motifs is 40. The number of hydrogen-bond acceptors (Lipinski definition) is 8. The first-order valence-electron chi connectivity index (χ1n) is 25.7. The summed E-state index contributed by atoms with van der Waals surface area (Å²) in [5.74, 6) is 0. The van der Waals surface area contributed by atoms with Crippen LogP contribution < -0.4 is 0 Å². The number of nitrogens with one attached hydrogen (secondary N) is 8. The highest BCUT2D eigenvalue weighted by atomic mass is 32.1. The lowest BCUT2D eigenvalue weighted by Gasteiger charge is -2.05. The van der Waals surface area contributed by atoms with Gasteiger partial charge in [-0.2, -0.15) is 90.7 Å². The zero-order chi connectivity index (χ0) is 52.4. The maximum Gasteiger partial charge on any atom is 0.0474 e. The molecule has 0 fully saturated rings. The summed E-state index contributed by atoms with van der Waals surface area (Å²) in [5.41, 5.74) is 36.2. The first kappa shape index (κ1) is 46.7. The second-order valence-electron chi connectivity index (χ2n) is 19.9. The number of aromatic nitrogens is 8. The third-order valence-corrected chi connectivity index (χ3v) is 21.4. The molecule has 17 heterocycles. The fourth-order valence-electron chi connectivity index (χ4n) is 11.4. The summed E-state index contributed by atoms with van der Waals surface area (Å²) in [5, 5.41) is 36.0. The van der Waals surface area contributed by atoms with Crippen LogP contribution >= 0.6 is 90.7 Å². The molecule has 16 aromatic heterocycles. The smallest absolute Gasteiger partial charge is 0.0474 e. The maximum absolute atomic E-state index is 3.83. The zero-order valence-electron chi connectivity index (χ0n) is 41.7. The Labute approximate surface area is 489 Å². The molecule has 0 amide bonds. The highest BCUT2D eigenvalue weighted by molar-refractivity contribution is 7.10. The van der Waals surface area contributed by atoms with Gasteiger partial charge in [0.1, 0.15) is 0 Å². The van der Waals surface area contributed by atoms with Crippen LogP contribution in [0.1, 0.15) is 0 Å². The van der Waals surface area contributed by atoms with E-state index in [4.69, 9.17) is 0 Å². The van der Waals surface area contributed by atoms with Crippen molar-refractivity contribution in [3.8, 4) is 180 Å². The van der Waals surface area contributed by atoms with Gasteiger partial charge in [0, 0.05) is 266 Å². The molecule has 0 radical (unpaired) electrons. The van der Waals surface area contributed by atoms with E-state index in [0.717, 1.165) is 91.1 Å². The molecule has 0 aliphatic carbocycles. The average molecular weight is 1180 g/mol. The van der Waals surface area contributed by atoms with E-state index in [9.17, 15) is 0 Å². The molecule has 16 bridgehead atoms. The largest absolute Gasteiger partial charge is 0.354 e. The molecule has 1 aliphatic heterocycles. The van der Waals surface area contributed by atoms with Gasteiger partial charge in [0.05, 0.1) is 0 Å². The SMILES string of the molecule is c1cc2[nH]c1-c1cscc1-c1ccc([nH]1)-c1cscc1-c1ccc([nH]1)-c1cscc1-c1ccc([nH]1)-c1cscc1-c1ccc([nH]1)-c1cscc1-c1ccc([nH]1)-c1cscc1-c1ccc([nH]1)-c1cscc1-c1ccc([nH]1)-c1cscc1-2. The van der Waals surface area contributed by atoms with Crippen molar-refractivity contribution < 1.29 is 0 Å². The molecule has 0 atom stereocenters. The average Bonchev–Trinajstić information content (AvgIpc) is 4.28. The Balaban J connectivity index is 0.750. The van der Waals surface area contributed by atoms with Crippen molar-refractivity contribution in [3.05, 3.63) is 183 Å². The summed E-state index contributed by atoms with van der Waals surface area (Å²) in [7, 11) is 0. The minimum absolute atomic E-state index is 1.09. The van der Waals surface area contributed by atoms with E-state index in [1.807, 2.05) is 0 Å². The van der Waals surface area contributed by atoms with Gasteiger partial charge in [-0.15, -0.1) is 0 Å². The van der Waals surface area contributed by atoms with E-state index < -0.39 is 0 Å². The third-order valence-electron chi connectivity index (χ3n) is 15.4. The first-order valence-corrected chi connectivity index (χ1v) is 33.2. The Hall–Kier alpha value is -8.16. The Bertz CT molecular complexity index is 3720. The summed E-state index contributed by atoms with van der Waals surface area (Å²) < 4.78 is 0. The standard InChI is InChI=1S/C64H40N8S8/c1-2-50-35-19-74-20-36(35)52-5-6-54(67-52)39-23-76-24-40(39)56-9-10-58(69-56)43-27-78-28-44(43)60-13-14-62(71-60)47-31-80-32-48(47)64-16-15-63(72-64)46-30-79-29-45(46)61-12-11-59(70-61)42-26-77-25-41(42)57-8-7-55(68-57)38-22-75-21-37(38)53-4-3-51(66-53)34-18-73-17-33(34)49(1)65-50/h1-32,65-72H. The minimum atomic E-state index is 1.09. The lowest BCUT2D eigenvalue weighted by atomic mass is 10.1. The van der Waals surface area contributed by atoms with Gasteiger partial charge in [0.15, 0.2) is 0 Å². The lowest BCUT2D eigenvalue weighted by Crippen LogP contribution is -1.85. The van der Waals surface area contributed by atoms with Crippen molar-refractivity contribution in [3.63, 3.8) is 0 Å². The molecule has 0 aromatic carbocycles. The van der Waals surface area contributed by atoms with Crippen molar-refractivity contribution in [1.29, 1.82) is 0 Å². The van der Waals surface area contributed by atoms with Gasteiger partial charge >= 0.3 is 0 Å². The van der Waals surface area contributed by atoms with Crippen LogP contribution in [0.5, 0.6) is 0 Å². The third kappa shape index (κ3) is 7.66. The number of aromatic amines is 8. The second-order valence-corrected chi connectivity index (χ2v) is 25.8. The normalized spacial score (nSPS) is 12.0. The van der Waals surface area contributed by atoms with E-state index in [2.05, 4.69) is 223 Å². The quantitative estimate of drug-likeness (QED) is 0.0737. The topological polar surface area (TPSA) is 126 Å². The van der Waals surface area contributed by atoms with Gasteiger partial charge in [-0.25, -0.2) is 0 Å². The molecule has 8 N–H and O–H groups in total. The van der Waals surface area contributed by atoms with Crippen LogP contribution in [0.15, 0.2) is 183 Å². The fraction of sp³-hybridized carbons (Fsp3) is 0. The molecule has 80 heavy (non-hydrogen) atoms. The molecule has 1 aliphatic rings. The van der Waals surface area contributed by atoms with Gasteiger partial charge < -0.3 is 39.9 Å². The van der Waals surface area contributed by atoms with Crippen LogP contribution in [-0.4, -0.2) is 39.9 Å². The monoisotopic (exact) mass is 1180 g/mol. The maximum atomic E-state index is 3.83. The molecule has 0 spiro atoms. The number of hydrogen-bond donors (Lipinski definition) is 8. The van der Waals surface area contributed by atoms with Crippen molar-refractivity contribution in [2.45, 2.75) is 0 Å². The summed E-state index contributed by atoms with van der Waals surface area (Å²) in [4.78, 5) is 30.6. The van der Waals surface area contributed by atoms with Crippen LogP contribution in [0.4, 0.5) is 0 Å². The van der Waals surface area contributed by atoms with Crippen LogP contribution in [0.3, 0.4) is 0 Å². The molecule has 0 unspecified atom stereocenters. The molecule has 384 valence electrons. The fourth-order valence-corrected chi connectivity index (χ4v) is 18.2. The molecule has 16 heteroatoms. The molecule has 17 rings (SSSR count). The summed E-state index contributed by atoms with van der Waals surface area (Å²) in [6.07, 6.45) is 0. The van der Waals surface area contributed by atoms with E-state index >= 15 is 0 Å². The van der Waals surface area contributed by atoms with E-state index in [1.165, 1.54) is 89.0 Å². The van der Waals surface area contributed by atoms with Gasteiger partial charge in [-0.1, -0.05) is 0 Å². The minimum Gasteiger partial charge on any atom is -0.354 e. The summed E-state index contributed by atoms with van der Waals surface area (Å²) in [6, 6.07) is 35.5. The van der Waals surface area contributed by atoms with E-state index in [1.54, 1.807) is 90.7 Å². The Morgan fingerprint density at radius 2 is 0.200 bits per heavy atom. The number of H-pyrrole nitrogens is 8. The van der Waals surface area contributed by atoms with E-state index in [0.29, 0.717) is 0 Å². The Morgan fingerprint density at radius 3 is 0.275 bits per heavy atom. The number of rotatable bonds is 0. The Kier molecular flexibility index (Phi) is 10.9. The summed E-state index contributed by atoms with van der Waals surface area (Å²) in [6.45, 7) is 0. The first-order chi connectivity index (χ1) is 39.6. The molecule has 0 saturated heterocycles. The highest BCUT2D eigenvalue weighted by Crippen LogP contribution is 2.47. The van der Waals surface area contributed by atoms with Gasteiger partial charge in [0.2, 0.25) is 0 Å². The van der Waals surface area contributed by atoms with Gasteiger partial charge in [0.25, 0.3) is 0 Å². The second kappa shape index (κ2) is 18.7.